The molecule has 0 aliphatic rings. The Morgan fingerprint density at radius 1 is 1.24 bits per heavy atom. The van der Waals surface area contributed by atoms with Crippen molar-refractivity contribution in [3.8, 4) is 0 Å². The van der Waals surface area contributed by atoms with Crippen molar-refractivity contribution >= 4 is 11.3 Å². The van der Waals surface area contributed by atoms with Gasteiger partial charge in [0, 0.05) is 30.4 Å². The van der Waals surface area contributed by atoms with Gasteiger partial charge in [-0.25, -0.2) is 4.98 Å². The van der Waals surface area contributed by atoms with Crippen LogP contribution >= 0.6 is 11.3 Å². The van der Waals surface area contributed by atoms with Crippen LogP contribution in [0, 0.1) is 20.8 Å². The third kappa shape index (κ3) is 3.11. The van der Waals surface area contributed by atoms with Gasteiger partial charge in [0.15, 0.2) is 0 Å². The number of pyridine rings is 1. The second-order valence-electron chi connectivity index (χ2n) is 4.15. The fourth-order valence-corrected chi connectivity index (χ4v) is 2.52. The van der Waals surface area contributed by atoms with E-state index in [1.54, 1.807) is 11.3 Å². The van der Waals surface area contributed by atoms with Crippen LogP contribution in [0.25, 0.3) is 0 Å². The van der Waals surface area contributed by atoms with Crippen LogP contribution in [0.3, 0.4) is 0 Å². The van der Waals surface area contributed by atoms with Crippen LogP contribution < -0.4 is 5.32 Å². The monoisotopic (exact) mass is 247 g/mol. The zero-order valence-electron chi connectivity index (χ0n) is 10.4. The number of aryl methyl sites for hydroxylation is 3. The third-order valence-corrected chi connectivity index (χ3v) is 3.87. The van der Waals surface area contributed by atoms with E-state index in [2.05, 4.69) is 42.1 Å². The number of hydrogen-bond donors (Lipinski definition) is 1. The molecule has 2 heterocycles. The van der Waals surface area contributed by atoms with E-state index in [1.807, 2.05) is 12.4 Å². The van der Waals surface area contributed by atoms with Gasteiger partial charge >= 0.3 is 0 Å². The predicted molar refractivity (Wildman–Crippen MR) is 71.1 cm³/mol. The molecule has 0 aliphatic carbocycles. The minimum atomic E-state index is 0.834. The Morgan fingerprint density at radius 3 is 2.71 bits per heavy atom. The highest BCUT2D eigenvalue weighted by molar-refractivity contribution is 7.11. The first-order valence-corrected chi connectivity index (χ1v) is 6.51. The molecule has 0 aromatic carbocycles. The van der Waals surface area contributed by atoms with Crippen molar-refractivity contribution in [3.63, 3.8) is 0 Å². The van der Waals surface area contributed by atoms with Crippen molar-refractivity contribution in [2.75, 3.05) is 0 Å². The summed E-state index contributed by atoms with van der Waals surface area (Å²) in [5, 5.41) is 4.58. The fraction of sp³-hybridized carbons (Fsp3) is 0.385. The van der Waals surface area contributed by atoms with Gasteiger partial charge in [0.05, 0.1) is 5.69 Å². The Labute approximate surface area is 106 Å². The van der Waals surface area contributed by atoms with Gasteiger partial charge in [-0.2, -0.15) is 0 Å². The highest BCUT2D eigenvalue weighted by atomic mass is 32.1. The second kappa shape index (κ2) is 5.38. The third-order valence-electron chi connectivity index (χ3n) is 2.80. The van der Waals surface area contributed by atoms with Crippen molar-refractivity contribution in [1.29, 1.82) is 0 Å². The summed E-state index contributed by atoms with van der Waals surface area (Å²) in [6, 6.07) is 2.06. The SMILES string of the molecule is Cc1cnccc1CNCc1nc(C)c(C)s1. The molecule has 0 amide bonds. The van der Waals surface area contributed by atoms with Crippen LogP contribution in [-0.4, -0.2) is 9.97 Å². The van der Waals surface area contributed by atoms with Gasteiger partial charge in [0.25, 0.3) is 0 Å². The molecule has 2 aromatic rings. The van der Waals surface area contributed by atoms with Gasteiger partial charge in [0.2, 0.25) is 0 Å². The molecule has 90 valence electrons. The molecular formula is C13H17N3S. The van der Waals surface area contributed by atoms with Gasteiger partial charge in [-0.15, -0.1) is 11.3 Å². The van der Waals surface area contributed by atoms with E-state index < -0.39 is 0 Å². The molecule has 0 atom stereocenters. The molecule has 17 heavy (non-hydrogen) atoms. The molecule has 0 aliphatic heterocycles. The number of aromatic nitrogens is 2. The van der Waals surface area contributed by atoms with Crippen LogP contribution in [0.5, 0.6) is 0 Å². The lowest BCUT2D eigenvalue weighted by molar-refractivity contribution is 0.685. The maximum absolute atomic E-state index is 4.51. The van der Waals surface area contributed by atoms with Crippen LogP contribution in [0.15, 0.2) is 18.5 Å². The predicted octanol–water partition coefficient (Wildman–Crippen LogP) is 2.75. The summed E-state index contributed by atoms with van der Waals surface area (Å²) in [5.74, 6) is 0. The minimum absolute atomic E-state index is 0.834. The van der Waals surface area contributed by atoms with Crippen LogP contribution in [0.2, 0.25) is 0 Å². The number of thiazole rings is 1. The fourth-order valence-electron chi connectivity index (χ4n) is 1.62. The first-order chi connectivity index (χ1) is 8.16. The summed E-state index contributed by atoms with van der Waals surface area (Å²) in [6.45, 7) is 7.96. The topological polar surface area (TPSA) is 37.8 Å². The number of nitrogens with one attached hydrogen (secondary N) is 1. The Hall–Kier alpha value is -1.26. The molecule has 0 unspecified atom stereocenters. The van der Waals surface area contributed by atoms with E-state index in [-0.39, 0.29) is 0 Å². The second-order valence-corrected chi connectivity index (χ2v) is 5.44. The minimum Gasteiger partial charge on any atom is -0.306 e. The molecule has 0 radical (unpaired) electrons. The van der Waals surface area contributed by atoms with E-state index >= 15 is 0 Å². The Bertz CT molecular complexity index is 486. The standard InChI is InChI=1S/C13H17N3S/c1-9-6-14-5-4-12(9)7-15-8-13-16-10(2)11(3)17-13/h4-6,15H,7-8H2,1-3H3. The first-order valence-electron chi connectivity index (χ1n) is 5.70. The van der Waals surface area contributed by atoms with Gasteiger partial charge in [0.1, 0.15) is 5.01 Å². The zero-order chi connectivity index (χ0) is 12.3. The Kier molecular flexibility index (Phi) is 3.86. The lowest BCUT2D eigenvalue weighted by Crippen LogP contribution is -2.13. The van der Waals surface area contributed by atoms with E-state index in [1.165, 1.54) is 16.0 Å². The van der Waals surface area contributed by atoms with Crippen molar-refractivity contribution < 1.29 is 0 Å². The molecule has 0 bridgehead atoms. The largest absolute Gasteiger partial charge is 0.306 e. The Balaban J connectivity index is 1.90. The molecule has 2 rings (SSSR count). The summed E-state index contributed by atoms with van der Waals surface area (Å²) < 4.78 is 0. The van der Waals surface area contributed by atoms with E-state index in [4.69, 9.17) is 0 Å². The zero-order valence-corrected chi connectivity index (χ0v) is 11.3. The Morgan fingerprint density at radius 2 is 2.06 bits per heavy atom. The van der Waals surface area contributed by atoms with Gasteiger partial charge in [-0.05, 0) is 38.0 Å². The molecule has 0 fully saturated rings. The summed E-state index contributed by atoms with van der Waals surface area (Å²) >= 11 is 1.77. The molecule has 0 saturated heterocycles. The van der Waals surface area contributed by atoms with Crippen molar-refractivity contribution in [3.05, 3.63) is 45.2 Å². The number of nitrogens with zero attached hydrogens (tertiary/aromatic N) is 2. The molecule has 0 spiro atoms. The van der Waals surface area contributed by atoms with Gasteiger partial charge < -0.3 is 5.32 Å². The van der Waals surface area contributed by atoms with E-state index in [0.717, 1.165) is 23.8 Å². The van der Waals surface area contributed by atoms with E-state index in [0.29, 0.717) is 0 Å². The van der Waals surface area contributed by atoms with Gasteiger partial charge in [-0.3, -0.25) is 4.98 Å². The average Bonchev–Trinajstić information content (AvgIpc) is 2.61. The summed E-state index contributed by atoms with van der Waals surface area (Å²) in [4.78, 5) is 9.90. The van der Waals surface area contributed by atoms with Crippen LogP contribution in [-0.2, 0) is 13.1 Å². The summed E-state index contributed by atoms with van der Waals surface area (Å²) in [7, 11) is 0. The number of hydrogen-bond acceptors (Lipinski definition) is 4. The first kappa shape index (κ1) is 12.2. The maximum Gasteiger partial charge on any atom is 0.107 e. The average molecular weight is 247 g/mol. The molecular weight excluding hydrogens is 230 g/mol. The van der Waals surface area contributed by atoms with E-state index in [9.17, 15) is 0 Å². The number of rotatable bonds is 4. The van der Waals surface area contributed by atoms with Crippen molar-refractivity contribution in [2.45, 2.75) is 33.9 Å². The van der Waals surface area contributed by atoms with Crippen molar-refractivity contribution in [1.82, 2.24) is 15.3 Å². The summed E-state index contributed by atoms with van der Waals surface area (Å²) in [5.41, 5.74) is 3.67. The highest BCUT2D eigenvalue weighted by Crippen LogP contribution is 2.16. The van der Waals surface area contributed by atoms with Crippen molar-refractivity contribution in [2.24, 2.45) is 0 Å². The lowest BCUT2D eigenvalue weighted by Gasteiger charge is -2.05. The normalized spacial score (nSPS) is 10.8. The summed E-state index contributed by atoms with van der Waals surface area (Å²) in [6.07, 6.45) is 3.73. The lowest BCUT2D eigenvalue weighted by atomic mass is 10.1. The van der Waals surface area contributed by atoms with Crippen LogP contribution in [0.4, 0.5) is 0 Å². The van der Waals surface area contributed by atoms with Gasteiger partial charge in [-0.1, -0.05) is 0 Å². The highest BCUT2D eigenvalue weighted by Gasteiger charge is 2.03. The molecule has 1 N–H and O–H groups in total. The van der Waals surface area contributed by atoms with Crippen LogP contribution in [0.1, 0.15) is 26.7 Å². The smallest absolute Gasteiger partial charge is 0.107 e. The molecule has 3 nitrogen and oxygen atoms in total. The molecule has 4 heteroatoms. The molecule has 2 aromatic heterocycles. The molecule has 0 saturated carbocycles. The maximum atomic E-state index is 4.51. The quantitative estimate of drug-likeness (QED) is 0.902.